The number of ether oxygens (including phenoxy) is 1. The van der Waals surface area contributed by atoms with Crippen LogP contribution in [0.25, 0.3) is 0 Å². The number of nitrogens with zero attached hydrogens (tertiary/aromatic N) is 2. The number of methoxy groups -OCH3 is 1. The van der Waals surface area contributed by atoms with Crippen molar-refractivity contribution in [1.29, 1.82) is 0 Å². The third-order valence-electron chi connectivity index (χ3n) is 4.63. The van der Waals surface area contributed by atoms with Crippen LogP contribution in [0.3, 0.4) is 0 Å². The van der Waals surface area contributed by atoms with Crippen molar-refractivity contribution < 1.29 is 9.53 Å². The maximum atomic E-state index is 12.9. The molecule has 3 rings (SSSR count). The van der Waals surface area contributed by atoms with Crippen LogP contribution in [0.1, 0.15) is 18.1 Å². The van der Waals surface area contributed by atoms with E-state index >= 15 is 0 Å². The van der Waals surface area contributed by atoms with Gasteiger partial charge in [0.05, 0.1) is 18.8 Å². The highest BCUT2D eigenvalue weighted by Crippen LogP contribution is 2.30. The normalized spacial score (nSPS) is 18.7. The number of benzene rings is 2. The van der Waals surface area contributed by atoms with Crippen molar-refractivity contribution in [2.45, 2.75) is 26.4 Å². The zero-order valence-electron chi connectivity index (χ0n) is 14.5. The maximum Gasteiger partial charge on any atom is 0.244 e. The summed E-state index contributed by atoms with van der Waals surface area (Å²) < 4.78 is 5.41. The van der Waals surface area contributed by atoms with Crippen molar-refractivity contribution in [3.05, 3.63) is 59.7 Å². The Bertz CT molecular complexity index is 729. The first kappa shape index (κ1) is 16.5. The lowest BCUT2D eigenvalue weighted by molar-refractivity contribution is -0.125. The standard InChI is InChI=1S/C20H24N2O2/c1-15-7-6-8-17(13-15)14-21-11-12-22(20(23)16(21)2)18-9-4-5-10-19(18)24-3/h4-10,13,16H,11-12,14H2,1-3H3/t16-/m0/s1. The second kappa shape index (κ2) is 7.05. The molecule has 0 spiro atoms. The van der Waals surface area contributed by atoms with Gasteiger partial charge < -0.3 is 9.64 Å². The van der Waals surface area contributed by atoms with E-state index in [1.165, 1.54) is 11.1 Å². The fourth-order valence-electron chi connectivity index (χ4n) is 3.27. The molecule has 2 aromatic carbocycles. The lowest BCUT2D eigenvalue weighted by atomic mass is 10.1. The molecule has 0 aromatic heterocycles. The molecule has 0 radical (unpaired) electrons. The first-order chi connectivity index (χ1) is 11.6. The topological polar surface area (TPSA) is 32.8 Å². The smallest absolute Gasteiger partial charge is 0.244 e. The predicted molar refractivity (Wildman–Crippen MR) is 96.4 cm³/mol. The molecule has 0 saturated carbocycles. The van der Waals surface area contributed by atoms with E-state index in [-0.39, 0.29) is 11.9 Å². The zero-order chi connectivity index (χ0) is 17.1. The van der Waals surface area contributed by atoms with Gasteiger partial charge in [-0.1, -0.05) is 42.0 Å². The number of hydrogen-bond acceptors (Lipinski definition) is 3. The van der Waals surface area contributed by atoms with E-state index in [0.29, 0.717) is 6.54 Å². The van der Waals surface area contributed by atoms with E-state index in [9.17, 15) is 4.79 Å². The molecule has 0 aliphatic carbocycles. The molecule has 4 heteroatoms. The maximum absolute atomic E-state index is 12.9. The van der Waals surface area contributed by atoms with Crippen LogP contribution in [0.15, 0.2) is 48.5 Å². The fraction of sp³-hybridized carbons (Fsp3) is 0.350. The first-order valence-electron chi connectivity index (χ1n) is 8.34. The lowest BCUT2D eigenvalue weighted by Crippen LogP contribution is -2.55. The van der Waals surface area contributed by atoms with E-state index < -0.39 is 0 Å². The molecular weight excluding hydrogens is 300 g/mol. The SMILES string of the molecule is COc1ccccc1N1CCN(Cc2cccc(C)c2)[C@@H](C)C1=O. The molecule has 2 aromatic rings. The molecule has 1 heterocycles. The van der Waals surface area contributed by atoms with Gasteiger partial charge in [-0.3, -0.25) is 9.69 Å². The predicted octanol–water partition coefficient (Wildman–Crippen LogP) is 3.24. The van der Waals surface area contributed by atoms with Gasteiger partial charge in [-0.15, -0.1) is 0 Å². The molecule has 0 unspecified atom stereocenters. The lowest BCUT2D eigenvalue weighted by Gasteiger charge is -2.39. The number of para-hydroxylation sites is 2. The van der Waals surface area contributed by atoms with Crippen molar-refractivity contribution >= 4 is 11.6 Å². The van der Waals surface area contributed by atoms with Gasteiger partial charge in [-0.05, 0) is 31.5 Å². The number of carbonyl (C=O) groups is 1. The summed E-state index contributed by atoms with van der Waals surface area (Å²) in [5, 5.41) is 0. The second-order valence-electron chi connectivity index (χ2n) is 6.30. The van der Waals surface area contributed by atoms with Crippen LogP contribution in [0.4, 0.5) is 5.69 Å². The number of rotatable bonds is 4. The van der Waals surface area contributed by atoms with Crippen LogP contribution in [0, 0.1) is 6.92 Å². The molecule has 1 fully saturated rings. The number of anilines is 1. The zero-order valence-corrected chi connectivity index (χ0v) is 14.5. The van der Waals surface area contributed by atoms with Crippen LogP contribution in [-0.2, 0) is 11.3 Å². The summed E-state index contributed by atoms with van der Waals surface area (Å²) in [6.07, 6.45) is 0. The molecule has 1 aliphatic heterocycles. The molecule has 1 saturated heterocycles. The third kappa shape index (κ3) is 3.29. The van der Waals surface area contributed by atoms with Gasteiger partial charge in [0.1, 0.15) is 5.75 Å². The highest BCUT2D eigenvalue weighted by atomic mass is 16.5. The van der Waals surface area contributed by atoms with E-state index in [4.69, 9.17) is 4.74 Å². The fourth-order valence-corrected chi connectivity index (χ4v) is 3.27. The largest absolute Gasteiger partial charge is 0.495 e. The van der Waals surface area contributed by atoms with Gasteiger partial charge in [0, 0.05) is 19.6 Å². The Morgan fingerprint density at radius 3 is 2.67 bits per heavy atom. The number of piperazine rings is 1. The quantitative estimate of drug-likeness (QED) is 0.865. The number of amides is 1. The highest BCUT2D eigenvalue weighted by Gasteiger charge is 2.33. The van der Waals surface area contributed by atoms with Crippen molar-refractivity contribution in [3.8, 4) is 5.75 Å². The summed E-state index contributed by atoms with van der Waals surface area (Å²) in [5.41, 5.74) is 3.35. The summed E-state index contributed by atoms with van der Waals surface area (Å²) in [5.74, 6) is 0.864. The van der Waals surface area contributed by atoms with Gasteiger partial charge in [-0.25, -0.2) is 0 Å². The Hall–Kier alpha value is -2.33. The molecule has 0 bridgehead atoms. The third-order valence-corrected chi connectivity index (χ3v) is 4.63. The van der Waals surface area contributed by atoms with Crippen LogP contribution < -0.4 is 9.64 Å². The average molecular weight is 324 g/mol. The summed E-state index contributed by atoms with van der Waals surface area (Å²) in [6, 6.07) is 16.0. The Labute approximate surface area is 143 Å². The van der Waals surface area contributed by atoms with E-state index in [1.807, 2.05) is 36.1 Å². The average Bonchev–Trinajstić information content (AvgIpc) is 2.59. The molecule has 1 atom stereocenters. The summed E-state index contributed by atoms with van der Waals surface area (Å²) in [4.78, 5) is 17.0. The van der Waals surface area contributed by atoms with E-state index in [2.05, 4.69) is 36.1 Å². The number of carbonyl (C=O) groups excluding carboxylic acids is 1. The van der Waals surface area contributed by atoms with Gasteiger partial charge in [0.25, 0.3) is 0 Å². The van der Waals surface area contributed by atoms with E-state index in [1.54, 1.807) is 7.11 Å². The van der Waals surface area contributed by atoms with Gasteiger partial charge in [0.15, 0.2) is 0 Å². The van der Waals surface area contributed by atoms with Gasteiger partial charge in [-0.2, -0.15) is 0 Å². The van der Waals surface area contributed by atoms with Gasteiger partial charge in [0.2, 0.25) is 5.91 Å². The molecule has 1 aliphatic rings. The van der Waals surface area contributed by atoms with E-state index in [0.717, 1.165) is 24.5 Å². The Kier molecular flexibility index (Phi) is 4.86. The molecular formula is C20H24N2O2. The minimum absolute atomic E-state index is 0.124. The molecule has 1 amide bonds. The number of aryl methyl sites for hydroxylation is 1. The Balaban J connectivity index is 1.76. The Morgan fingerprint density at radius 2 is 1.92 bits per heavy atom. The minimum atomic E-state index is -0.149. The first-order valence-corrected chi connectivity index (χ1v) is 8.34. The monoisotopic (exact) mass is 324 g/mol. The molecule has 4 nitrogen and oxygen atoms in total. The minimum Gasteiger partial charge on any atom is -0.495 e. The highest BCUT2D eigenvalue weighted by molar-refractivity contribution is 5.98. The Morgan fingerprint density at radius 1 is 1.12 bits per heavy atom. The summed E-state index contributed by atoms with van der Waals surface area (Å²) in [7, 11) is 1.64. The second-order valence-corrected chi connectivity index (χ2v) is 6.30. The number of hydrogen-bond donors (Lipinski definition) is 0. The summed E-state index contributed by atoms with van der Waals surface area (Å²) >= 11 is 0. The van der Waals surface area contributed by atoms with Crippen LogP contribution >= 0.6 is 0 Å². The van der Waals surface area contributed by atoms with Crippen LogP contribution in [0.5, 0.6) is 5.75 Å². The van der Waals surface area contributed by atoms with Crippen molar-refractivity contribution in [3.63, 3.8) is 0 Å². The van der Waals surface area contributed by atoms with Crippen LogP contribution in [-0.4, -0.2) is 37.0 Å². The van der Waals surface area contributed by atoms with Crippen LogP contribution in [0.2, 0.25) is 0 Å². The molecule has 24 heavy (non-hydrogen) atoms. The van der Waals surface area contributed by atoms with Gasteiger partial charge >= 0.3 is 0 Å². The molecule has 126 valence electrons. The summed E-state index contributed by atoms with van der Waals surface area (Å²) in [6.45, 7) is 6.40. The van der Waals surface area contributed by atoms with Crippen molar-refractivity contribution in [1.82, 2.24) is 4.90 Å². The molecule has 0 N–H and O–H groups in total. The van der Waals surface area contributed by atoms with Crippen molar-refractivity contribution in [2.75, 3.05) is 25.1 Å². The van der Waals surface area contributed by atoms with Crippen molar-refractivity contribution in [2.24, 2.45) is 0 Å².